The Balaban J connectivity index is 2.41. The molecule has 1 heterocycles. The number of nitrogens with one attached hydrogen (secondary N) is 1. The lowest BCUT2D eigenvalue weighted by Crippen LogP contribution is -2.37. The van der Waals surface area contributed by atoms with Crippen molar-refractivity contribution in [3.05, 3.63) is 0 Å². The van der Waals surface area contributed by atoms with E-state index in [1.807, 2.05) is 0 Å². The van der Waals surface area contributed by atoms with Gasteiger partial charge in [-0.3, -0.25) is 0 Å². The molecule has 1 atom stereocenters. The molecule has 1 fully saturated rings. The number of hydrogen-bond acceptors (Lipinski definition) is 1. The molecule has 1 aliphatic rings. The summed E-state index contributed by atoms with van der Waals surface area (Å²) in [5, 5.41) is 3.58. The van der Waals surface area contributed by atoms with E-state index < -0.39 is 0 Å². The van der Waals surface area contributed by atoms with Gasteiger partial charge in [0.05, 0.1) is 0 Å². The smallest absolute Gasteiger partial charge is 0.0119 e. The van der Waals surface area contributed by atoms with Crippen LogP contribution in [0.5, 0.6) is 0 Å². The summed E-state index contributed by atoms with van der Waals surface area (Å²) in [4.78, 5) is 0. The number of hydrogen-bond donors (Lipinski definition) is 1. The molecule has 0 spiro atoms. The quantitative estimate of drug-likeness (QED) is 0.660. The van der Waals surface area contributed by atoms with Gasteiger partial charge in [-0.25, -0.2) is 0 Å². The third-order valence-electron chi connectivity index (χ3n) is 2.90. The van der Waals surface area contributed by atoms with Gasteiger partial charge in [-0.1, -0.05) is 27.2 Å². The van der Waals surface area contributed by atoms with E-state index in [2.05, 4.69) is 26.1 Å². The van der Waals surface area contributed by atoms with E-state index in [1.54, 1.807) is 0 Å². The van der Waals surface area contributed by atoms with Crippen LogP contribution in [0, 0.1) is 5.41 Å². The fourth-order valence-electron chi connectivity index (χ4n) is 2.17. The Morgan fingerprint density at radius 3 is 2.64 bits per heavy atom. The molecular formula is C10H21N. The van der Waals surface area contributed by atoms with Crippen molar-refractivity contribution in [3.8, 4) is 0 Å². The molecule has 66 valence electrons. The number of rotatable bonds is 3. The van der Waals surface area contributed by atoms with E-state index in [4.69, 9.17) is 0 Å². The second-order valence-electron chi connectivity index (χ2n) is 4.39. The van der Waals surface area contributed by atoms with Crippen LogP contribution in [0.15, 0.2) is 0 Å². The molecular weight excluding hydrogens is 134 g/mol. The summed E-state index contributed by atoms with van der Waals surface area (Å²) >= 11 is 0. The summed E-state index contributed by atoms with van der Waals surface area (Å²) in [5.74, 6) is 0. The summed E-state index contributed by atoms with van der Waals surface area (Å²) in [6.07, 6.45) is 5.42. The molecule has 11 heavy (non-hydrogen) atoms. The monoisotopic (exact) mass is 155 g/mol. The second-order valence-corrected chi connectivity index (χ2v) is 4.39. The van der Waals surface area contributed by atoms with Crippen molar-refractivity contribution in [3.63, 3.8) is 0 Å². The Labute approximate surface area is 70.6 Å². The van der Waals surface area contributed by atoms with Crippen molar-refractivity contribution >= 4 is 0 Å². The topological polar surface area (TPSA) is 12.0 Å². The first kappa shape index (κ1) is 9.05. The van der Waals surface area contributed by atoms with Crippen molar-refractivity contribution in [1.29, 1.82) is 0 Å². The lowest BCUT2D eigenvalue weighted by molar-refractivity contribution is 0.240. The summed E-state index contributed by atoms with van der Waals surface area (Å²) in [6.45, 7) is 8.29. The standard InChI is InChI=1S/C10H21N/c1-4-7-10(2,3)9-6-5-8-11-9/h9,11H,4-8H2,1-3H3. The lowest BCUT2D eigenvalue weighted by atomic mass is 9.80. The minimum Gasteiger partial charge on any atom is -0.313 e. The average molecular weight is 155 g/mol. The third-order valence-corrected chi connectivity index (χ3v) is 2.90. The van der Waals surface area contributed by atoms with Crippen LogP contribution in [0.4, 0.5) is 0 Å². The zero-order chi connectivity index (χ0) is 8.32. The van der Waals surface area contributed by atoms with Crippen molar-refractivity contribution in [1.82, 2.24) is 5.32 Å². The maximum atomic E-state index is 3.58. The molecule has 0 bridgehead atoms. The molecule has 1 N–H and O–H groups in total. The van der Waals surface area contributed by atoms with Crippen LogP contribution in [0.25, 0.3) is 0 Å². The predicted octanol–water partition coefficient (Wildman–Crippen LogP) is 2.56. The highest BCUT2D eigenvalue weighted by Crippen LogP contribution is 2.31. The fourth-order valence-corrected chi connectivity index (χ4v) is 2.17. The highest BCUT2D eigenvalue weighted by Gasteiger charge is 2.30. The predicted molar refractivity (Wildman–Crippen MR) is 49.7 cm³/mol. The molecule has 0 aromatic heterocycles. The minimum absolute atomic E-state index is 0.519. The maximum absolute atomic E-state index is 3.58. The van der Waals surface area contributed by atoms with E-state index in [1.165, 1.54) is 32.2 Å². The first-order valence-corrected chi connectivity index (χ1v) is 4.90. The van der Waals surface area contributed by atoms with Gasteiger partial charge in [0.1, 0.15) is 0 Å². The van der Waals surface area contributed by atoms with Gasteiger partial charge in [-0.15, -0.1) is 0 Å². The molecule has 1 aliphatic heterocycles. The summed E-state index contributed by atoms with van der Waals surface area (Å²) < 4.78 is 0. The average Bonchev–Trinajstić information content (AvgIpc) is 2.37. The van der Waals surface area contributed by atoms with E-state index in [9.17, 15) is 0 Å². The van der Waals surface area contributed by atoms with Crippen LogP contribution in [0.2, 0.25) is 0 Å². The fraction of sp³-hybridized carbons (Fsp3) is 1.00. The lowest BCUT2D eigenvalue weighted by Gasteiger charge is -2.31. The van der Waals surface area contributed by atoms with E-state index in [0.717, 1.165) is 6.04 Å². The molecule has 0 aromatic carbocycles. The van der Waals surface area contributed by atoms with Crippen molar-refractivity contribution in [2.24, 2.45) is 5.41 Å². The molecule has 0 saturated carbocycles. The molecule has 1 nitrogen and oxygen atoms in total. The Morgan fingerprint density at radius 1 is 1.45 bits per heavy atom. The van der Waals surface area contributed by atoms with Gasteiger partial charge < -0.3 is 5.32 Å². The highest BCUT2D eigenvalue weighted by molar-refractivity contribution is 4.87. The van der Waals surface area contributed by atoms with E-state index in [0.29, 0.717) is 5.41 Å². The first-order valence-electron chi connectivity index (χ1n) is 4.90. The summed E-state index contributed by atoms with van der Waals surface area (Å²) in [6, 6.07) is 0.780. The Morgan fingerprint density at radius 2 is 2.18 bits per heavy atom. The molecule has 0 aromatic rings. The molecule has 1 unspecified atom stereocenters. The molecule has 0 amide bonds. The molecule has 1 heteroatoms. The van der Waals surface area contributed by atoms with Gasteiger partial charge in [0.15, 0.2) is 0 Å². The Bertz CT molecular complexity index is 112. The van der Waals surface area contributed by atoms with Crippen LogP contribution in [0.1, 0.15) is 46.5 Å². The van der Waals surface area contributed by atoms with Gasteiger partial charge in [-0.2, -0.15) is 0 Å². The molecule has 0 radical (unpaired) electrons. The van der Waals surface area contributed by atoms with Crippen molar-refractivity contribution in [2.75, 3.05) is 6.54 Å². The van der Waals surface area contributed by atoms with Gasteiger partial charge in [0.25, 0.3) is 0 Å². The SMILES string of the molecule is CCCC(C)(C)C1CCCN1. The third kappa shape index (κ3) is 2.19. The Kier molecular flexibility index (Phi) is 2.94. The maximum Gasteiger partial charge on any atom is 0.0119 e. The summed E-state index contributed by atoms with van der Waals surface area (Å²) in [7, 11) is 0. The van der Waals surface area contributed by atoms with Crippen LogP contribution >= 0.6 is 0 Å². The normalized spacial score (nSPS) is 25.9. The van der Waals surface area contributed by atoms with Crippen LogP contribution in [0.3, 0.4) is 0 Å². The highest BCUT2D eigenvalue weighted by atomic mass is 15.0. The van der Waals surface area contributed by atoms with E-state index >= 15 is 0 Å². The Hall–Kier alpha value is -0.0400. The van der Waals surface area contributed by atoms with Gasteiger partial charge in [0.2, 0.25) is 0 Å². The van der Waals surface area contributed by atoms with Gasteiger partial charge >= 0.3 is 0 Å². The second kappa shape index (κ2) is 3.57. The van der Waals surface area contributed by atoms with Crippen molar-refractivity contribution < 1.29 is 0 Å². The zero-order valence-corrected chi connectivity index (χ0v) is 8.11. The molecule has 1 saturated heterocycles. The largest absolute Gasteiger partial charge is 0.313 e. The summed E-state index contributed by atoms with van der Waals surface area (Å²) in [5.41, 5.74) is 0.519. The zero-order valence-electron chi connectivity index (χ0n) is 8.11. The van der Waals surface area contributed by atoms with Crippen molar-refractivity contribution in [2.45, 2.75) is 52.5 Å². The first-order chi connectivity index (χ1) is 5.17. The van der Waals surface area contributed by atoms with E-state index in [-0.39, 0.29) is 0 Å². The minimum atomic E-state index is 0.519. The molecule has 1 rings (SSSR count). The molecule has 0 aliphatic carbocycles. The van der Waals surface area contributed by atoms with Gasteiger partial charge in [-0.05, 0) is 31.2 Å². The van der Waals surface area contributed by atoms with Crippen LogP contribution in [-0.2, 0) is 0 Å². The van der Waals surface area contributed by atoms with Gasteiger partial charge in [0, 0.05) is 6.04 Å². The van der Waals surface area contributed by atoms with Crippen LogP contribution < -0.4 is 5.32 Å². The van der Waals surface area contributed by atoms with Crippen LogP contribution in [-0.4, -0.2) is 12.6 Å².